The summed E-state index contributed by atoms with van der Waals surface area (Å²) in [6.45, 7) is 2.54. The molecule has 3 aromatic carbocycles. The van der Waals surface area contributed by atoms with Gasteiger partial charge in [0.1, 0.15) is 6.10 Å². The van der Waals surface area contributed by atoms with Crippen LogP contribution in [0.4, 0.5) is 0 Å². The summed E-state index contributed by atoms with van der Waals surface area (Å²) in [5.74, 6) is -0.507. The van der Waals surface area contributed by atoms with Gasteiger partial charge in [0.25, 0.3) is 11.8 Å². The molecule has 4 nitrogen and oxygen atoms in total. The smallest absolute Gasteiger partial charge is 0.261 e. The summed E-state index contributed by atoms with van der Waals surface area (Å²) in [6, 6.07) is 25.0. The number of hydrogen-bond donors (Lipinski definition) is 0. The van der Waals surface area contributed by atoms with Crippen molar-refractivity contribution in [2.75, 3.05) is 13.2 Å². The van der Waals surface area contributed by atoms with Crippen LogP contribution in [0.3, 0.4) is 0 Å². The van der Waals surface area contributed by atoms with Gasteiger partial charge in [0, 0.05) is 0 Å². The van der Waals surface area contributed by atoms with Crippen LogP contribution in [0.1, 0.15) is 43.5 Å². The van der Waals surface area contributed by atoms with Gasteiger partial charge in [-0.2, -0.15) is 0 Å². The second-order valence-electron chi connectivity index (χ2n) is 6.83. The van der Waals surface area contributed by atoms with Crippen molar-refractivity contribution in [3.8, 4) is 0 Å². The van der Waals surface area contributed by atoms with Crippen LogP contribution in [0.2, 0.25) is 0 Å². The molecule has 4 heteroatoms. The molecule has 0 saturated heterocycles. The number of carbonyl (C=O) groups excluding carboxylic acids is 2. The summed E-state index contributed by atoms with van der Waals surface area (Å²) in [6.07, 6.45) is -0.252. The first-order valence-electron chi connectivity index (χ1n) is 9.34. The van der Waals surface area contributed by atoms with E-state index in [2.05, 4.69) is 19.1 Å². The van der Waals surface area contributed by atoms with E-state index in [1.807, 2.05) is 42.5 Å². The average Bonchev–Trinajstić information content (AvgIpc) is 2.98. The Morgan fingerprint density at radius 1 is 0.786 bits per heavy atom. The molecule has 1 atom stereocenters. The Bertz CT molecular complexity index is 978. The molecule has 0 aliphatic carbocycles. The van der Waals surface area contributed by atoms with Gasteiger partial charge in [-0.15, -0.1) is 0 Å². The molecule has 1 unspecified atom stereocenters. The standard InChI is InChI=1S/C24H21NO3/c1-17-9-5-6-12-19(17)22(18-10-3-2-4-11-18)28-16-15-25-23(26)20-13-7-8-14-21(20)24(25)27/h2-14,22H,15-16H2,1H3. The highest BCUT2D eigenvalue weighted by molar-refractivity contribution is 6.21. The molecule has 0 N–H and O–H groups in total. The lowest BCUT2D eigenvalue weighted by Crippen LogP contribution is -2.33. The van der Waals surface area contributed by atoms with Crippen molar-refractivity contribution in [1.29, 1.82) is 0 Å². The Labute approximate surface area is 164 Å². The van der Waals surface area contributed by atoms with Crippen LogP contribution in [0.25, 0.3) is 0 Å². The quantitative estimate of drug-likeness (QED) is 0.604. The number of amides is 2. The van der Waals surface area contributed by atoms with Crippen molar-refractivity contribution in [2.45, 2.75) is 13.0 Å². The Morgan fingerprint density at radius 2 is 1.36 bits per heavy atom. The Hall–Kier alpha value is -3.24. The van der Waals surface area contributed by atoms with Crippen LogP contribution in [0, 0.1) is 6.92 Å². The lowest BCUT2D eigenvalue weighted by molar-refractivity contribution is 0.0451. The number of ether oxygens (including phenoxy) is 1. The molecular formula is C24H21NO3. The van der Waals surface area contributed by atoms with Gasteiger partial charge >= 0.3 is 0 Å². The van der Waals surface area contributed by atoms with Gasteiger partial charge < -0.3 is 4.74 Å². The highest BCUT2D eigenvalue weighted by Gasteiger charge is 2.34. The molecule has 28 heavy (non-hydrogen) atoms. The Morgan fingerprint density at radius 3 is 2.00 bits per heavy atom. The normalized spacial score (nSPS) is 14.2. The van der Waals surface area contributed by atoms with E-state index in [-0.39, 0.29) is 31.1 Å². The summed E-state index contributed by atoms with van der Waals surface area (Å²) < 4.78 is 6.21. The number of rotatable bonds is 6. The lowest BCUT2D eigenvalue weighted by Gasteiger charge is -2.22. The summed E-state index contributed by atoms with van der Waals surface area (Å²) in [5.41, 5.74) is 4.18. The number of carbonyl (C=O) groups is 2. The molecule has 1 heterocycles. The zero-order chi connectivity index (χ0) is 19.5. The third-order valence-electron chi connectivity index (χ3n) is 5.05. The minimum atomic E-state index is -0.253. The Balaban J connectivity index is 1.51. The third-order valence-corrected chi connectivity index (χ3v) is 5.05. The van der Waals surface area contributed by atoms with Crippen LogP contribution in [0.15, 0.2) is 78.9 Å². The second kappa shape index (κ2) is 7.79. The minimum Gasteiger partial charge on any atom is -0.367 e. The van der Waals surface area contributed by atoms with Gasteiger partial charge in [0.2, 0.25) is 0 Å². The molecule has 1 aliphatic rings. The maximum Gasteiger partial charge on any atom is 0.261 e. The van der Waals surface area contributed by atoms with Gasteiger partial charge in [-0.25, -0.2) is 0 Å². The van der Waals surface area contributed by atoms with Crippen molar-refractivity contribution in [3.05, 3.63) is 107 Å². The van der Waals surface area contributed by atoms with Crippen LogP contribution in [-0.4, -0.2) is 29.9 Å². The minimum absolute atomic E-state index is 0.224. The predicted octanol–water partition coefficient (Wildman–Crippen LogP) is 4.40. The molecule has 2 amide bonds. The number of hydrogen-bond acceptors (Lipinski definition) is 3. The first-order chi connectivity index (χ1) is 13.7. The van der Waals surface area contributed by atoms with Crippen molar-refractivity contribution < 1.29 is 14.3 Å². The number of aryl methyl sites for hydroxylation is 1. The Kier molecular flexibility index (Phi) is 5.04. The van der Waals surface area contributed by atoms with Crippen molar-refractivity contribution in [3.63, 3.8) is 0 Å². The number of fused-ring (bicyclic) bond motifs is 1. The number of imide groups is 1. The molecule has 0 spiro atoms. The third kappa shape index (κ3) is 3.35. The van der Waals surface area contributed by atoms with Crippen molar-refractivity contribution in [1.82, 2.24) is 4.90 Å². The lowest BCUT2D eigenvalue weighted by atomic mass is 9.97. The fraction of sp³-hybridized carbons (Fsp3) is 0.167. The first-order valence-corrected chi connectivity index (χ1v) is 9.34. The number of benzene rings is 3. The van der Waals surface area contributed by atoms with Gasteiger partial charge in [-0.1, -0.05) is 66.7 Å². The molecule has 0 fully saturated rings. The topological polar surface area (TPSA) is 46.6 Å². The van der Waals surface area contributed by atoms with E-state index in [1.54, 1.807) is 24.3 Å². The van der Waals surface area contributed by atoms with E-state index < -0.39 is 0 Å². The molecule has 0 bridgehead atoms. The summed E-state index contributed by atoms with van der Waals surface area (Å²) >= 11 is 0. The molecule has 140 valence electrons. The summed E-state index contributed by atoms with van der Waals surface area (Å²) in [4.78, 5) is 26.3. The maximum atomic E-state index is 12.5. The van der Waals surface area contributed by atoms with Crippen LogP contribution < -0.4 is 0 Å². The molecular weight excluding hydrogens is 350 g/mol. The van der Waals surface area contributed by atoms with E-state index in [0.29, 0.717) is 11.1 Å². The maximum absolute atomic E-state index is 12.5. The van der Waals surface area contributed by atoms with Gasteiger partial charge in [0.05, 0.1) is 24.3 Å². The molecule has 1 aliphatic heterocycles. The SMILES string of the molecule is Cc1ccccc1C(OCCN1C(=O)c2ccccc2C1=O)c1ccccc1. The molecule has 3 aromatic rings. The van der Waals surface area contributed by atoms with E-state index in [9.17, 15) is 9.59 Å². The fourth-order valence-electron chi connectivity index (χ4n) is 3.58. The van der Waals surface area contributed by atoms with Crippen LogP contribution in [-0.2, 0) is 4.74 Å². The van der Waals surface area contributed by atoms with Gasteiger partial charge in [0.15, 0.2) is 0 Å². The largest absolute Gasteiger partial charge is 0.367 e. The molecule has 0 aromatic heterocycles. The zero-order valence-corrected chi connectivity index (χ0v) is 15.7. The van der Waals surface area contributed by atoms with E-state index in [1.165, 1.54) is 4.90 Å². The van der Waals surface area contributed by atoms with Crippen molar-refractivity contribution in [2.24, 2.45) is 0 Å². The predicted molar refractivity (Wildman–Crippen MR) is 107 cm³/mol. The molecule has 0 radical (unpaired) electrons. The van der Waals surface area contributed by atoms with Gasteiger partial charge in [-0.05, 0) is 35.7 Å². The second-order valence-corrected chi connectivity index (χ2v) is 6.83. The van der Waals surface area contributed by atoms with E-state index in [0.717, 1.165) is 16.7 Å². The zero-order valence-electron chi connectivity index (χ0n) is 15.7. The van der Waals surface area contributed by atoms with Crippen LogP contribution in [0.5, 0.6) is 0 Å². The first kappa shape index (κ1) is 18.1. The monoisotopic (exact) mass is 371 g/mol. The average molecular weight is 371 g/mol. The highest BCUT2D eigenvalue weighted by Crippen LogP contribution is 2.29. The van der Waals surface area contributed by atoms with Crippen LogP contribution >= 0.6 is 0 Å². The number of nitrogens with zero attached hydrogens (tertiary/aromatic N) is 1. The van der Waals surface area contributed by atoms with Crippen molar-refractivity contribution >= 4 is 11.8 Å². The highest BCUT2D eigenvalue weighted by atomic mass is 16.5. The van der Waals surface area contributed by atoms with E-state index in [4.69, 9.17) is 4.74 Å². The molecule has 0 saturated carbocycles. The fourth-order valence-corrected chi connectivity index (χ4v) is 3.58. The molecule has 4 rings (SSSR count). The summed E-state index contributed by atoms with van der Waals surface area (Å²) in [5, 5.41) is 0. The van der Waals surface area contributed by atoms with Gasteiger partial charge in [-0.3, -0.25) is 14.5 Å². The van der Waals surface area contributed by atoms with E-state index >= 15 is 0 Å². The summed E-state index contributed by atoms with van der Waals surface area (Å²) in [7, 11) is 0.